The topological polar surface area (TPSA) is 30.5 Å². The minimum Gasteiger partial charge on any atom is -0.495 e. The van der Waals surface area contributed by atoms with Crippen molar-refractivity contribution in [2.24, 2.45) is 0 Å². The molecule has 0 amide bonds. The molecule has 0 bridgehead atoms. The number of halogens is 1. The first-order valence-electron chi connectivity index (χ1n) is 5.39. The fraction of sp³-hybridized carbons (Fsp3) is 0.500. The van der Waals surface area contributed by atoms with Gasteiger partial charge in [0, 0.05) is 11.1 Å². The van der Waals surface area contributed by atoms with Crippen molar-refractivity contribution in [2.75, 3.05) is 25.6 Å². The van der Waals surface area contributed by atoms with Crippen LogP contribution in [-0.2, 0) is 4.74 Å². The summed E-state index contributed by atoms with van der Waals surface area (Å²) in [6.07, 6.45) is 1.05. The van der Waals surface area contributed by atoms with E-state index in [1.807, 2.05) is 6.07 Å². The summed E-state index contributed by atoms with van der Waals surface area (Å²) in [5.74, 6) is 0.874. The van der Waals surface area contributed by atoms with E-state index in [1.54, 1.807) is 7.11 Å². The number of aryl methyl sites for hydroxylation is 1. The molecule has 1 unspecified atom stereocenters. The molecule has 4 heteroatoms. The molecule has 0 radical (unpaired) electrons. The largest absolute Gasteiger partial charge is 0.495 e. The molecule has 2 rings (SSSR count). The Hall–Kier alpha value is -0.740. The van der Waals surface area contributed by atoms with E-state index in [1.165, 1.54) is 5.56 Å². The lowest BCUT2D eigenvalue weighted by atomic mass is 10.1. The molecule has 16 heavy (non-hydrogen) atoms. The quantitative estimate of drug-likeness (QED) is 0.926. The van der Waals surface area contributed by atoms with Crippen LogP contribution in [0.1, 0.15) is 12.0 Å². The van der Waals surface area contributed by atoms with Gasteiger partial charge in [-0.25, -0.2) is 0 Å². The van der Waals surface area contributed by atoms with Crippen LogP contribution in [0, 0.1) is 6.92 Å². The number of rotatable bonds is 3. The molecule has 1 saturated heterocycles. The van der Waals surface area contributed by atoms with Gasteiger partial charge in [-0.1, -0.05) is 15.9 Å². The first kappa shape index (κ1) is 11.7. The molecule has 0 saturated carbocycles. The first-order valence-corrected chi connectivity index (χ1v) is 6.18. The second kappa shape index (κ2) is 5.06. The van der Waals surface area contributed by atoms with Crippen LogP contribution >= 0.6 is 15.9 Å². The third-order valence-corrected chi connectivity index (χ3v) is 3.22. The minimum absolute atomic E-state index is 0.397. The molecule has 3 nitrogen and oxygen atoms in total. The normalized spacial score (nSPS) is 19.8. The average molecular weight is 286 g/mol. The van der Waals surface area contributed by atoms with Crippen molar-refractivity contribution in [2.45, 2.75) is 19.4 Å². The Labute approximate surface area is 104 Å². The highest BCUT2D eigenvalue weighted by atomic mass is 79.9. The summed E-state index contributed by atoms with van der Waals surface area (Å²) in [6.45, 7) is 3.69. The SMILES string of the molecule is COc1cc(Br)cc(C)c1NC1CCOC1. The predicted molar refractivity (Wildman–Crippen MR) is 68.3 cm³/mol. The van der Waals surface area contributed by atoms with Crippen LogP contribution in [0.3, 0.4) is 0 Å². The number of benzene rings is 1. The van der Waals surface area contributed by atoms with Gasteiger partial charge in [-0.2, -0.15) is 0 Å². The number of methoxy groups -OCH3 is 1. The molecule has 1 aromatic rings. The van der Waals surface area contributed by atoms with Gasteiger partial charge in [-0.05, 0) is 31.0 Å². The zero-order valence-electron chi connectivity index (χ0n) is 9.55. The summed E-state index contributed by atoms with van der Waals surface area (Å²) in [5, 5.41) is 3.49. The molecule has 1 aromatic carbocycles. The van der Waals surface area contributed by atoms with E-state index in [4.69, 9.17) is 9.47 Å². The standard InChI is InChI=1S/C12H16BrNO2/c1-8-5-9(13)6-11(15-2)12(8)14-10-3-4-16-7-10/h5-6,10,14H,3-4,7H2,1-2H3. The summed E-state index contributed by atoms with van der Waals surface area (Å²) < 4.78 is 11.8. The van der Waals surface area contributed by atoms with Crippen LogP contribution < -0.4 is 10.1 Å². The van der Waals surface area contributed by atoms with Crippen molar-refractivity contribution in [3.63, 3.8) is 0 Å². The van der Waals surface area contributed by atoms with E-state index in [-0.39, 0.29) is 0 Å². The smallest absolute Gasteiger partial charge is 0.143 e. The maximum absolute atomic E-state index is 5.38. The third-order valence-electron chi connectivity index (χ3n) is 2.76. The van der Waals surface area contributed by atoms with Gasteiger partial charge in [0.2, 0.25) is 0 Å². The molecular weight excluding hydrogens is 270 g/mol. The van der Waals surface area contributed by atoms with E-state index >= 15 is 0 Å². The van der Waals surface area contributed by atoms with Crippen molar-refractivity contribution in [1.29, 1.82) is 0 Å². The Balaban J connectivity index is 2.23. The number of nitrogens with one attached hydrogen (secondary N) is 1. The summed E-state index contributed by atoms with van der Waals surface area (Å²) in [5.41, 5.74) is 2.25. The second-order valence-corrected chi connectivity index (χ2v) is 4.92. The summed E-state index contributed by atoms with van der Waals surface area (Å²) in [4.78, 5) is 0. The van der Waals surface area contributed by atoms with Crippen LogP contribution in [0.15, 0.2) is 16.6 Å². The Morgan fingerprint density at radius 2 is 2.31 bits per heavy atom. The molecule has 0 aromatic heterocycles. The number of ether oxygens (including phenoxy) is 2. The molecule has 88 valence electrons. The molecule has 1 heterocycles. The van der Waals surface area contributed by atoms with Crippen molar-refractivity contribution in [3.8, 4) is 5.75 Å². The summed E-state index contributed by atoms with van der Waals surface area (Å²) in [6, 6.07) is 4.46. The minimum atomic E-state index is 0.397. The predicted octanol–water partition coefficient (Wildman–Crippen LogP) is 2.97. The van der Waals surface area contributed by atoms with Gasteiger partial charge in [0.15, 0.2) is 0 Å². The van der Waals surface area contributed by atoms with Gasteiger partial charge in [0.1, 0.15) is 5.75 Å². The van der Waals surface area contributed by atoms with Gasteiger partial charge in [-0.3, -0.25) is 0 Å². The lowest BCUT2D eigenvalue weighted by Crippen LogP contribution is -2.20. The maximum Gasteiger partial charge on any atom is 0.143 e. The van der Waals surface area contributed by atoms with Crippen LogP contribution in [0.4, 0.5) is 5.69 Å². The van der Waals surface area contributed by atoms with Gasteiger partial charge in [0.05, 0.1) is 25.4 Å². The molecule has 0 spiro atoms. The average Bonchev–Trinajstić information content (AvgIpc) is 2.74. The molecule has 0 aliphatic carbocycles. The van der Waals surface area contributed by atoms with Gasteiger partial charge >= 0.3 is 0 Å². The van der Waals surface area contributed by atoms with Crippen molar-refractivity contribution >= 4 is 21.6 Å². The molecule has 1 aliphatic rings. The van der Waals surface area contributed by atoms with Gasteiger partial charge in [-0.15, -0.1) is 0 Å². The van der Waals surface area contributed by atoms with Crippen LogP contribution in [0.2, 0.25) is 0 Å². The maximum atomic E-state index is 5.38. The summed E-state index contributed by atoms with van der Waals surface area (Å²) >= 11 is 3.47. The Bertz CT molecular complexity index is 376. The first-order chi connectivity index (χ1) is 7.70. The molecule has 1 atom stereocenters. The molecule has 1 fully saturated rings. The van der Waals surface area contributed by atoms with Gasteiger partial charge < -0.3 is 14.8 Å². The molecular formula is C12H16BrNO2. The number of anilines is 1. The van der Waals surface area contributed by atoms with Crippen molar-refractivity contribution in [3.05, 3.63) is 22.2 Å². The second-order valence-electron chi connectivity index (χ2n) is 4.00. The van der Waals surface area contributed by atoms with Crippen LogP contribution in [0.5, 0.6) is 5.75 Å². The van der Waals surface area contributed by atoms with Crippen LogP contribution in [0.25, 0.3) is 0 Å². The lowest BCUT2D eigenvalue weighted by Gasteiger charge is -2.18. The fourth-order valence-electron chi connectivity index (χ4n) is 1.91. The molecule has 1 aliphatic heterocycles. The Morgan fingerprint density at radius 1 is 1.50 bits per heavy atom. The monoisotopic (exact) mass is 285 g/mol. The Kier molecular flexibility index (Phi) is 3.71. The fourth-order valence-corrected chi connectivity index (χ4v) is 2.46. The van der Waals surface area contributed by atoms with E-state index < -0.39 is 0 Å². The van der Waals surface area contributed by atoms with Crippen LogP contribution in [-0.4, -0.2) is 26.4 Å². The van der Waals surface area contributed by atoms with Crippen molar-refractivity contribution in [1.82, 2.24) is 0 Å². The van der Waals surface area contributed by atoms with E-state index in [9.17, 15) is 0 Å². The number of hydrogen-bond acceptors (Lipinski definition) is 3. The molecule has 1 N–H and O–H groups in total. The van der Waals surface area contributed by atoms with Crippen molar-refractivity contribution < 1.29 is 9.47 Å². The Morgan fingerprint density at radius 3 is 2.94 bits per heavy atom. The number of hydrogen-bond donors (Lipinski definition) is 1. The highest BCUT2D eigenvalue weighted by Crippen LogP contribution is 2.33. The van der Waals surface area contributed by atoms with Gasteiger partial charge in [0.25, 0.3) is 0 Å². The summed E-state index contributed by atoms with van der Waals surface area (Å²) in [7, 11) is 1.69. The highest BCUT2D eigenvalue weighted by molar-refractivity contribution is 9.10. The van der Waals surface area contributed by atoms with E-state index in [0.29, 0.717) is 6.04 Å². The lowest BCUT2D eigenvalue weighted by molar-refractivity contribution is 0.195. The zero-order valence-corrected chi connectivity index (χ0v) is 11.1. The van der Waals surface area contributed by atoms with E-state index in [0.717, 1.165) is 35.5 Å². The third kappa shape index (κ3) is 2.50. The van der Waals surface area contributed by atoms with E-state index in [2.05, 4.69) is 34.2 Å². The zero-order chi connectivity index (χ0) is 11.5. The highest BCUT2D eigenvalue weighted by Gasteiger charge is 2.18.